The molecule has 2 heterocycles. The van der Waals surface area contributed by atoms with E-state index in [0.29, 0.717) is 12.1 Å². The third kappa shape index (κ3) is 3.12. The SMILES string of the molecule is C[C@@H]1COC(CSCC2=N[C@@H](C)CO2)=N1. The Balaban J connectivity index is 1.67. The minimum atomic E-state index is 0.320. The Morgan fingerprint density at radius 3 is 1.87 bits per heavy atom. The van der Waals surface area contributed by atoms with E-state index in [4.69, 9.17) is 9.47 Å². The number of thioether (sulfide) groups is 1. The van der Waals surface area contributed by atoms with E-state index in [9.17, 15) is 0 Å². The standard InChI is InChI=1S/C10H16N2O2S/c1-7-3-13-9(11-7)5-15-6-10-12-8(2)4-14-10/h7-8H,3-6H2,1-2H3/t7-,8+. The van der Waals surface area contributed by atoms with Crippen molar-refractivity contribution >= 4 is 23.6 Å². The highest BCUT2D eigenvalue weighted by Crippen LogP contribution is 2.12. The van der Waals surface area contributed by atoms with E-state index in [0.717, 1.165) is 36.5 Å². The fraction of sp³-hybridized carbons (Fsp3) is 0.800. The van der Waals surface area contributed by atoms with Gasteiger partial charge in [0, 0.05) is 0 Å². The van der Waals surface area contributed by atoms with Crippen LogP contribution in [0.5, 0.6) is 0 Å². The monoisotopic (exact) mass is 228 g/mol. The molecule has 0 radical (unpaired) electrons. The smallest absolute Gasteiger partial charge is 0.193 e. The maximum Gasteiger partial charge on any atom is 0.193 e. The average Bonchev–Trinajstić information content (AvgIpc) is 2.76. The molecule has 0 aliphatic carbocycles. The normalized spacial score (nSPS) is 29.5. The van der Waals surface area contributed by atoms with Crippen LogP contribution in [0, 0.1) is 0 Å². The van der Waals surface area contributed by atoms with Gasteiger partial charge in [0.1, 0.15) is 13.2 Å². The van der Waals surface area contributed by atoms with Gasteiger partial charge in [0.25, 0.3) is 0 Å². The van der Waals surface area contributed by atoms with Crippen molar-refractivity contribution in [3.8, 4) is 0 Å². The Kier molecular flexibility index (Phi) is 3.51. The lowest BCUT2D eigenvalue weighted by Crippen LogP contribution is -2.07. The first-order chi connectivity index (χ1) is 7.24. The number of ether oxygens (including phenoxy) is 2. The molecule has 0 saturated heterocycles. The first-order valence-corrected chi connectivity index (χ1v) is 6.36. The topological polar surface area (TPSA) is 43.2 Å². The van der Waals surface area contributed by atoms with E-state index >= 15 is 0 Å². The molecule has 0 saturated carbocycles. The molecule has 4 nitrogen and oxygen atoms in total. The Morgan fingerprint density at radius 1 is 1.07 bits per heavy atom. The van der Waals surface area contributed by atoms with Crippen molar-refractivity contribution in [1.82, 2.24) is 0 Å². The Labute approximate surface area is 94.2 Å². The van der Waals surface area contributed by atoms with Crippen molar-refractivity contribution in [3.05, 3.63) is 0 Å². The first-order valence-electron chi connectivity index (χ1n) is 5.20. The fourth-order valence-electron chi connectivity index (χ4n) is 1.46. The van der Waals surface area contributed by atoms with Gasteiger partial charge < -0.3 is 9.47 Å². The van der Waals surface area contributed by atoms with E-state index in [2.05, 4.69) is 23.8 Å². The molecule has 2 rings (SSSR count). The zero-order valence-electron chi connectivity index (χ0n) is 9.10. The number of rotatable bonds is 4. The molecule has 2 aliphatic rings. The van der Waals surface area contributed by atoms with E-state index < -0.39 is 0 Å². The van der Waals surface area contributed by atoms with Crippen LogP contribution in [0.15, 0.2) is 9.98 Å². The Bertz CT molecular complexity index is 263. The second-order valence-corrected chi connectivity index (χ2v) is 4.84. The molecule has 0 amide bonds. The van der Waals surface area contributed by atoms with Gasteiger partial charge in [0.05, 0.1) is 23.6 Å². The van der Waals surface area contributed by atoms with E-state index in [-0.39, 0.29) is 0 Å². The van der Waals surface area contributed by atoms with E-state index in [1.807, 2.05) is 0 Å². The van der Waals surface area contributed by atoms with Crippen LogP contribution in [0.3, 0.4) is 0 Å². The summed E-state index contributed by atoms with van der Waals surface area (Å²) in [6.45, 7) is 5.57. The summed E-state index contributed by atoms with van der Waals surface area (Å²) in [4.78, 5) is 8.72. The maximum absolute atomic E-state index is 5.40. The van der Waals surface area contributed by atoms with Crippen molar-refractivity contribution in [2.75, 3.05) is 24.7 Å². The molecular weight excluding hydrogens is 212 g/mol. The summed E-state index contributed by atoms with van der Waals surface area (Å²) in [7, 11) is 0. The van der Waals surface area contributed by atoms with E-state index in [1.54, 1.807) is 11.8 Å². The highest BCUT2D eigenvalue weighted by Gasteiger charge is 2.16. The molecule has 5 heteroatoms. The average molecular weight is 228 g/mol. The van der Waals surface area contributed by atoms with Crippen LogP contribution >= 0.6 is 11.8 Å². The van der Waals surface area contributed by atoms with Gasteiger partial charge in [-0.1, -0.05) is 0 Å². The molecule has 0 spiro atoms. The Morgan fingerprint density at radius 2 is 1.53 bits per heavy atom. The maximum atomic E-state index is 5.40. The number of nitrogens with zero attached hydrogens (tertiary/aromatic N) is 2. The molecule has 0 aromatic carbocycles. The van der Waals surface area contributed by atoms with Crippen molar-refractivity contribution in [2.24, 2.45) is 9.98 Å². The number of aliphatic imine (C=N–C) groups is 2. The van der Waals surface area contributed by atoms with Gasteiger partial charge in [0.15, 0.2) is 11.8 Å². The molecule has 2 aliphatic heterocycles. The summed E-state index contributed by atoms with van der Waals surface area (Å²) in [6.07, 6.45) is 0. The summed E-state index contributed by atoms with van der Waals surface area (Å²) in [6, 6.07) is 0.640. The summed E-state index contributed by atoms with van der Waals surface area (Å²) in [5, 5.41) is 0. The highest BCUT2D eigenvalue weighted by molar-refractivity contribution is 8.00. The quantitative estimate of drug-likeness (QED) is 0.729. The molecular formula is C10H16N2O2S. The summed E-state index contributed by atoms with van der Waals surface area (Å²) >= 11 is 1.74. The lowest BCUT2D eigenvalue weighted by molar-refractivity contribution is 0.321. The van der Waals surface area contributed by atoms with Gasteiger partial charge >= 0.3 is 0 Å². The van der Waals surface area contributed by atoms with Gasteiger partial charge in [-0.3, -0.25) is 0 Å². The highest BCUT2D eigenvalue weighted by atomic mass is 32.2. The third-order valence-corrected chi connectivity index (χ3v) is 3.06. The third-order valence-electron chi connectivity index (χ3n) is 2.16. The van der Waals surface area contributed by atoms with Crippen LogP contribution < -0.4 is 0 Å². The van der Waals surface area contributed by atoms with Gasteiger partial charge in [-0.2, -0.15) is 0 Å². The molecule has 0 fully saturated rings. The molecule has 0 unspecified atom stereocenters. The van der Waals surface area contributed by atoms with Crippen LogP contribution in [0.4, 0.5) is 0 Å². The first kappa shape index (κ1) is 10.8. The van der Waals surface area contributed by atoms with Gasteiger partial charge in [-0.25, -0.2) is 9.98 Å². The van der Waals surface area contributed by atoms with Gasteiger partial charge in [0.2, 0.25) is 0 Å². The minimum Gasteiger partial charge on any atom is -0.478 e. The molecule has 0 bridgehead atoms. The summed E-state index contributed by atoms with van der Waals surface area (Å²) < 4.78 is 10.8. The Hall–Kier alpha value is -0.710. The molecule has 0 aromatic rings. The van der Waals surface area contributed by atoms with Crippen LogP contribution in [-0.4, -0.2) is 48.6 Å². The summed E-state index contributed by atoms with van der Waals surface area (Å²) in [5.74, 6) is 3.36. The largest absolute Gasteiger partial charge is 0.478 e. The number of hydrogen-bond acceptors (Lipinski definition) is 5. The van der Waals surface area contributed by atoms with Gasteiger partial charge in [-0.05, 0) is 13.8 Å². The van der Waals surface area contributed by atoms with E-state index in [1.165, 1.54) is 0 Å². The van der Waals surface area contributed by atoms with Crippen molar-refractivity contribution in [2.45, 2.75) is 25.9 Å². The molecule has 2 atom stereocenters. The van der Waals surface area contributed by atoms with Crippen LogP contribution in [-0.2, 0) is 9.47 Å². The van der Waals surface area contributed by atoms with Crippen LogP contribution in [0.25, 0.3) is 0 Å². The molecule has 0 N–H and O–H groups in total. The lowest BCUT2D eigenvalue weighted by Gasteiger charge is -2.01. The second-order valence-electron chi connectivity index (χ2n) is 3.86. The van der Waals surface area contributed by atoms with Crippen molar-refractivity contribution in [1.29, 1.82) is 0 Å². The molecule has 15 heavy (non-hydrogen) atoms. The zero-order valence-corrected chi connectivity index (χ0v) is 9.92. The minimum absolute atomic E-state index is 0.320. The van der Waals surface area contributed by atoms with Crippen molar-refractivity contribution in [3.63, 3.8) is 0 Å². The van der Waals surface area contributed by atoms with Crippen LogP contribution in [0.1, 0.15) is 13.8 Å². The second kappa shape index (κ2) is 4.88. The predicted molar refractivity (Wildman–Crippen MR) is 63.0 cm³/mol. The lowest BCUT2D eigenvalue weighted by atomic mass is 10.4. The van der Waals surface area contributed by atoms with Crippen LogP contribution in [0.2, 0.25) is 0 Å². The fourth-order valence-corrected chi connectivity index (χ4v) is 2.22. The molecule has 0 aromatic heterocycles. The van der Waals surface area contributed by atoms with Crippen molar-refractivity contribution < 1.29 is 9.47 Å². The predicted octanol–water partition coefficient (Wildman–Crippen LogP) is 1.35. The van der Waals surface area contributed by atoms with Gasteiger partial charge in [-0.15, -0.1) is 11.8 Å². The number of hydrogen-bond donors (Lipinski definition) is 0. The summed E-state index contributed by atoms with van der Waals surface area (Å²) in [5.41, 5.74) is 0. The zero-order chi connectivity index (χ0) is 10.7. The molecule has 84 valence electrons.